The van der Waals surface area contributed by atoms with Crippen molar-refractivity contribution in [3.63, 3.8) is 0 Å². The van der Waals surface area contributed by atoms with Crippen LogP contribution in [0.2, 0.25) is 5.02 Å². The molecule has 1 saturated heterocycles. The number of carbonyl (C=O) groups excluding carboxylic acids is 3. The summed E-state index contributed by atoms with van der Waals surface area (Å²) in [5.41, 5.74) is 1.45. The summed E-state index contributed by atoms with van der Waals surface area (Å²) in [6.07, 6.45) is 4.98. The summed E-state index contributed by atoms with van der Waals surface area (Å²) in [5.74, 6) is -1.56. The van der Waals surface area contributed by atoms with Crippen LogP contribution in [0.5, 0.6) is 0 Å². The maximum Gasteiger partial charge on any atom is 0.247 e. The number of nitrogens with zero attached hydrogens (tertiary/aromatic N) is 1. The number of imide groups is 1. The van der Waals surface area contributed by atoms with Gasteiger partial charge in [0.1, 0.15) is 6.04 Å². The van der Waals surface area contributed by atoms with Crippen molar-refractivity contribution in [2.24, 2.45) is 11.8 Å². The van der Waals surface area contributed by atoms with Crippen LogP contribution in [0.4, 0.5) is 5.69 Å². The molecule has 1 fully saturated rings. The Balaban J connectivity index is 1.74. The zero-order valence-corrected chi connectivity index (χ0v) is 14.3. The molecule has 3 atom stereocenters. The molecule has 3 rings (SSSR count). The maximum atomic E-state index is 12.5. The number of amides is 3. The fraction of sp³-hybridized carbons (Fsp3) is 0.389. The monoisotopic (exact) mass is 346 g/mol. The SMILES string of the molecule is Cc1ccc(NC(=O)[C@H](C)N2C(=O)[C@H]3CC=CC[C@H]3C2=O)cc1Cl. The molecule has 5 nitrogen and oxygen atoms in total. The van der Waals surface area contributed by atoms with Crippen LogP contribution in [0.1, 0.15) is 25.3 Å². The lowest BCUT2D eigenvalue weighted by molar-refractivity contribution is -0.146. The van der Waals surface area contributed by atoms with Crippen LogP contribution in [-0.2, 0) is 14.4 Å². The lowest BCUT2D eigenvalue weighted by Crippen LogP contribution is -2.46. The minimum atomic E-state index is -0.851. The maximum absolute atomic E-state index is 12.5. The first-order valence-electron chi connectivity index (χ1n) is 7.99. The summed E-state index contributed by atoms with van der Waals surface area (Å²) in [7, 11) is 0. The van der Waals surface area contributed by atoms with Crippen molar-refractivity contribution < 1.29 is 14.4 Å². The Morgan fingerprint density at radius 3 is 2.33 bits per heavy atom. The summed E-state index contributed by atoms with van der Waals surface area (Å²) in [6.45, 7) is 3.44. The normalized spacial score (nSPS) is 24.0. The number of carbonyl (C=O) groups is 3. The minimum absolute atomic E-state index is 0.251. The summed E-state index contributed by atoms with van der Waals surface area (Å²) in [4.78, 5) is 38.6. The third-order valence-corrected chi connectivity index (χ3v) is 5.15. The van der Waals surface area contributed by atoms with Crippen LogP contribution >= 0.6 is 11.6 Å². The second-order valence-corrected chi connectivity index (χ2v) is 6.74. The molecule has 0 unspecified atom stereocenters. The summed E-state index contributed by atoms with van der Waals surface area (Å²) >= 11 is 6.06. The van der Waals surface area contributed by atoms with Crippen LogP contribution in [0.15, 0.2) is 30.4 Å². The molecule has 0 spiro atoms. The van der Waals surface area contributed by atoms with Gasteiger partial charge in [0.25, 0.3) is 0 Å². The van der Waals surface area contributed by atoms with Crippen LogP contribution in [0, 0.1) is 18.8 Å². The Labute approximate surface area is 145 Å². The second kappa shape index (κ2) is 6.40. The van der Waals surface area contributed by atoms with E-state index in [1.807, 2.05) is 19.1 Å². The molecule has 24 heavy (non-hydrogen) atoms. The molecule has 0 saturated carbocycles. The predicted octanol–water partition coefficient (Wildman–Crippen LogP) is 2.93. The number of nitrogens with one attached hydrogen (secondary N) is 1. The van der Waals surface area contributed by atoms with Crippen molar-refractivity contribution in [2.75, 3.05) is 5.32 Å². The summed E-state index contributed by atoms with van der Waals surface area (Å²) < 4.78 is 0. The fourth-order valence-corrected chi connectivity index (χ4v) is 3.42. The fourth-order valence-electron chi connectivity index (χ4n) is 3.24. The number of hydrogen-bond donors (Lipinski definition) is 1. The highest BCUT2D eigenvalue weighted by molar-refractivity contribution is 6.31. The van der Waals surface area contributed by atoms with E-state index in [9.17, 15) is 14.4 Å². The number of halogens is 1. The Hall–Kier alpha value is -2.14. The quantitative estimate of drug-likeness (QED) is 0.676. The third-order valence-electron chi connectivity index (χ3n) is 4.75. The molecule has 2 aliphatic rings. The van der Waals surface area contributed by atoms with Gasteiger partial charge in [-0.2, -0.15) is 0 Å². The van der Waals surface area contributed by atoms with E-state index in [1.165, 1.54) is 0 Å². The number of allylic oxidation sites excluding steroid dienone is 2. The van der Waals surface area contributed by atoms with Gasteiger partial charge in [-0.05, 0) is 44.4 Å². The molecular weight excluding hydrogens is 328 g/mol. The van der Waals surface area contributed by atoms with Gasteiger partial charge in [0.05, 0.1) is 11.8 Å². The molecule has 0 bridgehead atoms. The highest BCUT2D eigenvalue weighted by Crippen LogP contribution is 2.36. The Morgan fingerprint density at radius 2 is 1.79 bits per heavy atom. The molecule has 126 valence electrons. The van der Waals surface area contributed by atoms with E-state index in [2.05, 4.69) is 5.32 Å². The first kappa shape index (κ1) is 16.7. The van der Waals surface area contributed by atoms with E-state index < -0.39 is 11.9 Å². The first-order valence-corrected chi connectivity index (χ1v) is 8.37. The van der Waals surface area contributed by atoms with Gasteiger partial charge in [-0.3, -0.25) is 19.3 Å². The zero-order chi connectivity index (χ0) is 17.4. The third kappa shape index (κ3) is 2.84. The lowest BCUT2D eigenvalue weighted by atomic mass is 9.85. The van der Waals surface area contributed by atoms with Gasteiger partial charge in [0.2, 0.25) is 17.7 Å². The van der Waals surface area contributed by atoms with Crippen molar-refractivity contribution in [2.45, 2.75) is 32.7 Å². The average molecular weight is 347 g/mol. The molecule has 1 aliphatic heterocycles. The predicted molar refractivity (Wildman–Crippen MR) is 91.5 cm³/mol. The van der Waals surface area contributed by atoms with Crippen LogP contribution in [0.3, 0.4) is 0 Å². The molecule has 0 aromatic heterocycles. The molecule has 6 heteroatoms. The number of fused-ring (bicyclic) bond motifs is 1. The molecule has 1 heterocycles. The van der Waals surface area contributed by atoms with Crippen molar-refractivity contribution in [1.82, 2.24) is 4.90 Å². The standard InChI is InChI=1S/C18H19ClN2O3/c1-10-7-8-12(9-15(10)19)20-16(22)11(2)21-17(23)13-5-3-4-6-14(13)18(21)24/h3-4,7-9,11,13-14H,5-6H2,1-2H3,(H,20,22)/t11-,13-,14+/m0/s1. The zero-order valence-electron chi connectivity index (χ0n) is 13.6. The van der Waals surface area contributed by atoms with E-state index in [4.69, 9.17) is 11.6 Å². The van der Waals surface area contributed by atoms with Crippen LogP contribution < -0.4 is 5.32 Å². The Bertz CT molecular complexity index is 718. The average Bonchev–Trinajstić information content (AvgIpc) is 2.82. The van der Waals surface area contributed by atoms with Crippen molar-refractivity contribution in [1.29, 1.82) is 0 Å². The highest BCUT2D eigenvalue weighted by Gasteiger charge is 2.50. The highest BCUT2D eigenvalue weighted by atomic mass is 35.5. The van der Waals surface area contributed by atoms with Crippen LogP contribution in [-0.4, -0.2) is 28.7 Å². The number of likely N-dealkylation sites (tertiary alicyclic amines) is 1. The Kier molecular flexibility index (Phi) is 4.45. The van der Waals surface area contributed by atoms with E-state index in [0.29, 0.717) is 23.6 Å². The smallest absolute Gasteiger partial charge is 0.247 e. The van der Waals surface area contributed by atoms with Crippen LogP contribution in [0.25, 0.3) is 0 Å². The number of hydrogen-bond acceptors (Lipinski definition) is 3. The Morgan fingerprint density at radius 1 is 1.21 bits per heavy atom. The lowest BCUT2D eigenvalue weighted by Gasteiger charge is -2.22. The van der Waals surface area contributed by atoms with Gasteiger partial charge in [-0.15, -0.1) is 0 Å². The number of rotatable bonds is 3. The molecule has 3 amide bonds. The number of aryl methyl sites for hydroxylation is 1. The van der Waals surface area contributed by atoms with Gasteiger partial charge in [0, 0.05) is 10.7 Å². The van der Waals surface area contributed by atoms with Crippen molar-refractivity contribution >= 4 is 35.0 Å². The van der Waals surface area contributed by atoms with E-state index >= 15 is 0 Å². The molecule has 1 N–H and O–H groups in total. The molecule has 0 radical (unpaired) electrons. The molecule has 1 aliphatic carbocycles. The number of anilines is 1. The van der Waals surface area contributed by atoms with Gasteiger partial charge in [-0.25, -0.2) is 0 Å². The summed E-state index contributed by atoms with van der Waals surface area (Å²) in [5, 5.41) is 3.27. The van der Waals surface area contributed by atoms with Crippen molar-refractivity contribution in [3.05, 3.63) is 40.9 Å². The molecular formula is C18H19ClN2O3. The van der Waals surface area contributed by atoms with Gasteiger partial charge in [0.15, 0.2) is 0 Å². The van der Waals surface area contributed by atoms with Gasteiger partial charge < -0.3 is 5.32 Å². The van der Waals surface area contributed by atoms with Crippen molar-refractivity contribution in [3.8, 4) is 0 Å². The minimum Gasteiger partial charge on any atom is -0.324 e. The largest absolute Gasteiger partial charge is 0.324 e. The van der Waals surface area contributed by atoms with Gasteiger partial charge in [-0.1, -0.05) is 29.8 Å². The second-order valence-electron chi connectivity index (χ2n) is 6.33. The summed E-state index contributed by atoms with van der Waals surface area (Å²) in [6, 6.07) is 4.34. The molecule has 1 aromatic rings. The topological polar surface area (TPSA) is 66.5 Å². The van der Waals surface area contributed by atoms with E-state index in [0.717, 1.165) is 10.5 Å². The first-order chi connectivity index (χ1) is 11.4. The molecule has 1 aromatic carbocycles. The van der Waals surface area contributed by atoms with Gasteiger partial charge >= 0.3 is 0 Å². The number of benzene rings is 1. The van der Waals surface area contributed by atoms with E-state index in [1.54, 1.807) is 25.1 Å². The van der Waals surface area contributed by atoms with E-state index in [-0.39, 0.29) is 23.7 Å².